The monoisotopic (exact) mass is 396 g/mol. The number of alkyl halides is 3. The predicted octanol–water partition coefficient (Wildman–Crippen LogP) is 3.63. The first-order valence-electron chi connectivity index (χ1n) is 10.2. The lowest BCUT2D eigenvalue weighted by atomic mass is 9.88. The van der Waals surface area contributed by atoms with Gasteiger partial charge in [-0.15, -0.1) is 0 Å². The Hall–Kier alpha value is -1.60. The van der Waals surface area contributed by atoms with Crippen molar-refractivity contribution in [2.24, 2.45) is 17.8 Å². The highest BCUT2D eigenvalue weighted by atomic mass is 19.4. The van der Waals surface area contributed by atoms with E-state index in [1.807, 2.05) is 0 Å². The first-order chi connectivity index (χ1) is 13.4. The molecule has 2 saturated carbocycles. The van der Waals surface area contributed by atoms with Crippen molar-refractivity contribution >= 4 is 5.91 Å². The third-order valence-electron chi connectivity index (χ3n) is 6.65. The summed E-state index contributed by atoms with van der Waals surface area (Å²) in [6.45, 7) is 3.01. The van der Waals surface area contributed by atoms with Crippen LogP contribution in [-0.4, -0.2) is 43.7 Å². The maximum atomic E-state index is 12.9. The average molecular weight is 396 g/mol. The van der Waals surface area contributed by atoms with Crippen LogP contribution in [0.15, 0.2) is 24.3 Å². The molecule has 154 valence electrons. The van der Waals surface area contributed by atoms with Crippen molar-refractivity contribution in [3.63, 3.8) is 0 Å². The summed E-state index contributed by atoms with van der Waals surface area (Å²) in [5.41, 5.74) is 0.145. The van der Waals surface area contributed by atoms with Gasteiger partial charge in [0.25, 0.3) is 0 Å². The van der Waals surface area contributed by atoms with E-state index in [0.29, 0.717) is 44.7 Å². The summed E-state index contributed by atoms with van der Waals surface area (Å²) in [4.78, 5) is 14.9. The molecule has 0 aromatic heterocycles. The Kier molecular flexibility index (Phi) is 5.65. The van der Waals surface area contributed by atoms with Gasteiger partial charge in [0.2, 0.25) is 5.91 Å². The van der Waals surface area contributed by atoms with Crippen LogP contribution in [0.2, 0.25) is 0 Å². The molecular weight excluding hydrogens is 369 g/mol. The van der Waals surface area contributed by atoms with E-state index in [1.165, 1.54) is 25.0 Å². The van der Waals surface area contributed by atoms with Crippen LogP contribution in [0.3, 0.4) is 0 Å². The molecule has 0 spiro atoms. The number of carbonyl (C=O) groups is 1. The molecule has 1 saturated heterocycles. The molecule has 0 radical (unpaired) electrons. The summed E-state index contributed by atoms with van der Waals surface area (Å²) < 4.78 is 44.1. The fourth-order valence-electron chi connectivity index (χ4n) is 5.14. The quantitative estimate of drug-likeness (QED) is 0.827. The summed E-state index contributed by atoms with van der Waals surface area (Å²) in [5, 5.41) is 3.11. The van der Waals surface area contributed by atoms with Crippen molar-refractivity contribution in [2.45, 2.75) is 37.9 Å². The Labute approximate surface area is 163 Å². The fraction of sp³-hybridized carbons (Fsp3) is 0.667. The topological polar surface area (TPSA) is 41.6 Å². The number of amides is 1. The molecule has 1 aromatic rings. The number of ether oxygens (including phenoxy) is 1. The van der Waals surface area contributed by atoms with Crippen molar-refractivity contribution in [3.8, 4) is 0 Å². The smallest absolute Gasteiger partial charge is 0.379 e. The maximum absolute atomic E-state index is 12.9. The lowest BCUT2D eigenvalue weighted by Gasteiger charge is -2.35. The molecular formula is C21H27F3N2O2. The van der Waals surface area contributed by atoms with Gasteiger partial charge in [0.05, 0.1) is 24.8 Å². The molecule has 4 atom stereocenters. The molecule has 3 aliphatic rings. The minimum absolute atomic E-state index is 0.108. The standard InChI is InChI=1S/C21H27F3N2O2/c22-21(23,24)17-5-3-15(4-6-17)19(26-7-9-28-10-8-26)13-25-20(27)18-12-14-1-2-16(18)11-14/h3-6,14,16,18-19H,1-2,7-13H2,(H,25,27)/t14-,16-,18-,19-/m0/s1. The largest absolute Gasteiger partial charge is 0.416 e. The number of nitrogens with one attached hydrogen (secondary N) is 1. The summed E-state index contributed by atoms with van der Waals surface area (Å²) in [6, 6.07) is 5.18. The van der Waals surface area contributed by atoms with Crippen molar-refractivity contribution in [1.29, 1.82) is 0 Å². The molecule has 7 heteroatoms. The highest BCUT2D eigenvalue weighted by Crippen LogP contribution is 2.48. The minimum Gasteiger partial charge on any atom is -0.379 e. The first-order valence-corrected chi connectivity index (χ1v) is 10.2. The Balaban J connectivity index is 1.45. The molecule has 28 heavy (non-hydrogen) atoms. The van der Waals surface area contributed by atoms with Gasteiger partial charge in [-0.05, 0) is 48.8 Å². The van der Waals surface area contributed by atoms with Gasteiger partial charge >= 0.3 is 6.18 Å². The summed E-state index contributed by atoms with van der Waals surface area (Å²) >= 11 is 0. The average Bonchev–Trinajstić information content (AvgIpc) is 3.32. The number of halogens is 3. The zero-order valence-electron chi connectivity index (χ0n) is 15.9. The van der Waals surface area contributed by atoms with E-state index in [2.05, 4.69) is 10.2 Å². The van der Waals surface area contributed by atoms with Gasteiger partial charge in [-0.25, -0.2) is 0 Å². The number of hydrogen-bond acceptors (Lipinski definition) is 3. The third kappa shape index (κ3) is 4.20. The number of benzene rings is 1. The molecule has 2 aliphatic carbocycles. The molecule has 1 amide bonds. The van der Waals surface area contributed by atoms with E-state index in [0.717, 1.165) is 30.5 Å². The van der Waals surface area contributed by atoms with Crippen LogP contribution in [0.25, 0.3) is 0 Å². The van der Waals surface area contributed by atoms with Gasteiger partial charge < -0.3 is 10.1 Å². The minimum atomic E-state index is -4.34. The van der Waals surface area contributed by atoms with E-state index in [9.17, 15) is 18.0 Å². The van der Waals surface area contributed by atoms with Crippen LogP contribution >= 0.6 is 0 Å². The Bertz CT molecular complexity index is 686. The number of hydrogen-bond donors (Lipinski definition) is 1. The van der Waals surface area contributed by atoms with E-state index in [1.54, 1.807) is 0 Å². The van der Waals surface area contributed by atoms with Crippen LogP contribution in [0, 0.1) is 17.8 Å². The second kappa shape index (κ2) is 8.03. The van der Waals surface area contributed by atoms with Crippen LogP contribution in [-0.2, 0) is 15.7 Å². The highest BCUT2D eigenvalue weighted by molar-refractivity contribution is 5.79. The van der Waals surface area contributed by atoms with E-state index < -0.39 is 11.7 Å². The number of carbonyl (C=O) groups excluding carboxylic acids is 1. The second-order valence-corrected chi connectivity index (χ2v) is 8.31. The SMILES string of the molecule is O=C(NC[C@@H](c1ccc(C(F)(F)F)cc1)N1CCOCC1)[C@H]1C[C@H]2CC[C@H]1C2. The zero-order valence-corrected chi connectivity index (χ0v) is 15.9. The first kappa shape index (κ1) is 19.7. The van der Waals surface area contributed by atoms with E-state index in [4.69, 9.17) is 4.74 Å². The molecule has 1 aromatic carbocycles. The Morgan fingerprint density at radius 1 is 1.14 bits per heavy atom. The van der Waals surface area contributed by atoms with E-state index in [-0.39, 0.29) is 17.9 Å². The van der Waals surface area contributed by atoms with Crippen LogP contribution in [0.5, 0.6) is 0 Å². The lowest BCUT2D eigenvalue weighted by Crippen LogP contribution is -2.45. The van der Waals surface area contributed by atoms with Crippen molar-refractivity contribution in [1.82, 2.24) is 10.2 Å². The number of nitrogens with zero attached hydrogens (tertiary/aromatic N) is 1. The summed E-state index contributed by atoms with van der Waals surface area (Å²) in [5.74, 6) is 1.43. The predicted molar refractivity (Wildman–Crippen MR) is 98.5 cm³/mol. The molecule has 3 fully saturated rings. The number of morpholine rings is 1. The van der Waals surface area contributed by atoms with E-state index >= 15 is 0 Å². The van der Waals surface area contributed by atoms with Crippen LogP contribution in [0.1, 0.15) is 42.9 Å². The molecule has 2 bridgehead atoms. The van der Waals surface area contributed by atoms with Crippen molar-refractivity contribution < 1.29 is 22.7 Å². The molecule has 1 aliphatic heterocycles. The third-order valence-corrected chi connectivity index (χ3v) is 6.65. The van der Waals surface area contributed by atoms with Gasteiger partial charge in [-0.2, -0.15) is 13.2 Å². The molecule has 4 nitrogen and oxygen atoms in total. The molecule has 4 rings (SSSR count). The molecule has 1 heterocycles. The van der Waals surface area contributed by atoms with Gasteiger partial charge in [-0.1, -0.05) is 18.6 Å². The fourth-order valence-corrected chi connectivity index (χ4v) is 5.14. The van der Waals surface area contributed by atoms with Crippen LogP contribution < -0.4 is 5.32 Å². The van der Waals surface area contributed by atoms with Gasteiger partial charge in [0.1, 0.15) is 0 Å². The summed E-state index contributed by atoms with van der Waals surface area (Å²) in [7, 11) is 0. The number of rotatable bonds is 5. The lowest BCUT2D eigenvalue weighted by molar-refractivity contribution is -0.137. The second-order valence-electron chi connectivity index (χ2n) is 8.31. The zero-order chi connectivity index (χ0) is 19.7. The summed E-state index contributed by atoms with van der Waals surface area (Å²) in [6.07, 6.45) is 0.205. The van der Waals surface area contributed by atoms with Crippen molar-refractivity contribution in [2.75, 3.05) is 32.8 Å². The number of fused-ring (bicyclic) bond motifs is 2. The van der Waals surface area contributed by atoms with Gasteiger partial charge in [0, 0.05) is 25.6 Å². The molecule has 0 unspecified atom stereocenters. The molecule has 1 N–H and O–H groups in total. The Morgan fingerprint density at radius 2 is 1.86 bits per heavy atom. The highest BCUT2D eigenvalue weighted by Gasteiger charge is 2.43. The normalized spacial score (nSPS) is 29.0. The van der Waals surface area contributed by atoms with Gasteiger partial charge in [-0.3, -0.25) is 9.69 Å². The Morgan fingerprint density at radius 3 is 2.43 bits per heavy atom. The van der Waals surface area contributed by atoms with Crippen LogP contribution in [0.4, 0.5) is 13.2 Å². The van der Waals surface area contributed by atoms with Crippen molar-refractivity contribution in [3.05, 3.63) is 35.4 Å². The van der Waals surface area contributed by atoms with Gasteiger partial charge in [0.15, 0.2) is 0 Å². The maximum Gasteiger partial charge on any atom is 0.416 e.